The number of fused-ring (bicyclic) bond motifs is 1. The SMILES string of the molecule is CC1(C)COC2CCCCC2N1N. The third-order valence-electron chi connectivity index (χ3n) is 3.37. The van der Waals surface area contributed by atoms with E-state index in [4.69, 9.17) is 10.6 Å². The molecule has 1 saturated carbocycles. The van der Waals surface area contributed by atoms with E-state index in [0.717, 1.165) is 6.61 Å². The highest BCUT2D eigenvalue weighted by Crippen LogP contribution is 2.32. The molecule has 2 fully saturated rings. The maximum absolute atomic E-state index is 6.12. The lowest BCUT2D eigenvalue weighted by atomic mass is 9.87. The molecule has 1 heterocycles. The zero-order chi connectivity index (χ0) is 9.47. The van der Waals surface area contributed by atoms with Gasteiger partial charge in [-0.1, -0.05) is 12.8 Å². The first-order valence-corrected chi connectivity index (χ1v) is 5.27. The summed E-state index contributed by atoms with van der Waals surface area (Å²) in [4.78, 5) is 0. The fourth-order valence-corrected chi connectivity index (χ4v) is 2.42. The summed E-state index contributed by atoms with van der Waals surface area (Å²) in [7, 11) is 0. The fraction of sp³-hybridized carbons (Fsp3) is 1.00. The Balaban J connectivity index is 2.10. The molecule has 2 rings (SSSR count). The second kappa shape index (κ2) is 3.23. The standard InChI is InChI=1S/C10H20N2O/c1-10(2)7-13-9-6-4-3-5-8(9)12(10)11/h8-9H,3-7,11H2,1-2H3. The Labute approximate surface area is 80.2 Å². The molecule has 2 atom stereocenters. The molecule has 1 aliphatic carbocycles. The van der Waals surface area contributed by atoms with Gasteiger partial charge < -0.3 is 4.74 Å². The van der Waals surface area contributed by atoms with E-state index in [1.165, 1.54) is 25.7 Å². The molecular weight excluding hydrogens is 164 g/mol. The quantitative estimate of drug-likeness (QED) is 0.576. The van der Waals surface area contributed by atoms with Gasteiger partial charge in [0.05, 0.1) is 24.3 Å². The van der Waals surface area contributed by atoms with Crippen LogP contribution in [0.15, 0.2) is 0 Å². The number of hydrazine groups is 1. The summed E-state index contributed by atoms with van der Waals surface area (Å²) in [6, 6.07) is 0.456. The molecule has 2 unspecified atom stereocenters. The number of ether oxygens (including phenoxy) is 1. The smallest absolute Gasteiger partial charge is 0.0745 e. The predicted molar refractivity (Wildman–Crippen MR) is 52.1 cm³/mol. The first kappa shape index (κ1) is 9.44. The van der Waals surface area contributed by atoms with Crippen LogP contribution in [0.1, 0.15) is 39.5 Å². The lowest BCUT2D eigenvalue weighted by molar-refractivity contribution is -0.150. The van der Waals surface area contributed by atoms with E-state index >= 15 is 0 Å². The number of rotatable bonds is 0. The van der Waals surface area contributed by atoms with Crippen molar-refractivity contribution in [2.45, 2.75) is 57.2 Å². The van der Waals surface area contributed by atoms with E-state index in [1.54, 1.807) is 0 Å². The van der Waals surface area contributed by atoms with Gasteiger partial charge in [0.1, 0.15) is 0 Å². The molecule has 0 aromatic heterocycles. The summed E-state index contributed by atoms with van der Waals surface area (Å²) >= 11 is 0. The molecule has 0 aromatic carbocycles. The Morgan fingerprint density at radius 2 is 2.00 bits per heavy atom. The number of nitrogens with zero attached hydrogens (tertiary/aromatic N) is 1. The largest absolute Gasteiger partial charge is 0.375 e. The maximum Gasteiger partial charge on any atom is 0.0745 e. The molecule has 1 aliphatic heterocycles. The van der Waals surface area contributed by atoms with Crippen LogP contribution in [0.5, 0.6) is 0 Å². The molecule has 0 spiro atoms. The highest BCUT2D eigenvalue weighted by Gasteiger charge is 2.41. The highest BCUT2D eigenvalue weighted by atomic mass is 16.5. The number of morpholine rings is 1. The van der Waals surface area contributed by atoms with Gasteiger partial charge in [-0.2, -0.15) is 0 Å². The van der Waals surface area contributed by atoms with Gasteiger partial charge in [0, 0.05) is 0 Å². The van der Waals surface area contributed by atoms with E-state index in [0.29, 0.717) is 12.1 Å². The van der Waals surface area contributed by atoms with Gasteiger partial charge >= 0.3 is 0 Å². The average molecular weight is 184 g/mol. The fourth-order valence-electron chi connectivity index (χ4n) is 2.42. The van der Waals surface area contributed by atoms with Crippen LogP contribution >= 0.6 is 0 Å². The van der Waals surface area contributed by atoms with Gasteiger partial charge in [0.2, 0.25) is 0 Å². The van der Waals surface area contributed by atoms with Crippen molar-refractivity contribution in [2.24, 2.45) is 5.84 Å². The van der Waals surface area contributed by atoms with E-state index in [1.807, 2.05) is 5.01 Å². The third-order valence-corrected chi connectivity index (χ3v) is 3.37. The molecular formula is C10H20N2O. The Kier molecular flexibility index (Phi) is 2.34. The topological polar surface area (TPSA) is 38.5 Å². The average Bonchev–Trinajstić information content (AvgIpc) is 2.13. The van der Waals surface area contributed by atoms with Crippen LogP contribution in [0.4, 0.5) is 0 Å². The van der Waals surface area contributed by atoms with Crippen molar-refractivity contribution in [1.82, 2.24) is 5.01 Å². The van der Waals surface area contributed by atoms with E-state index in [2.05, 4.69) is 13.8 Å². The lowest BCUT2D eigenvalue weighted by Gasteiger charge is -2.50. The van der Waals surface area contributed by atoms with Crippen LogP contribution in [-0.2, 0) is 4.74 Å². The van der Waals surface area contributed by atoms with Crippen molar-refractivity contribution in [3.63, 3.8) is 0 Å². The predicted octanol–water partition coefficient (Wildman–Crippen LogP) is 1.28. The molecule has 2 N–H and O–H groups in total. The molecule has 0 bridgehead atoms. The van der Waals surface area contributed by atoms with Crippen LogP contribution < -0.4 is 5.84 Å². The number of hydrogen-bond acceptors (Lipinski definition) is 3. The van der Waals surface area contributed by atoms with Gasteiger partial charge in [0.15, 0.2) is 0 Å². The zero-order valence-corrected chi connectivity index (χ0v) is 8.62. The number of nitrogens with two attached hydrogens (primary N) is 1. The normalized spacial score (nSPS) is 39.9. The monoisotopic (exact) mass is 184 g/mol. The molecule has 3 nitrogen and oxygen atoms in total. The van der Waals surface area contributed by atoms with Gasteiger partial charge in [-0.05, 0) is 26.7 Å². The molecule has 76 valence electrons. The maximum atomic E-state index is 6.12. The third kappa shape index (κ3) is 1.60. The zero-order valence-electron chi connectivity index (χ0n) is 8.62. The van der Waals surface area contributed by atoms with Gasteiger partial charge in [-0.3, -0.25) is 5.84 Å². The summed E-state index contributed by atoms with van der Waals surface area (Å²) in [5.74, 6) is 6.12. The molecule has 1 saturated heterocycles. The summed E-state index contributed by atoms with van der Waals surface area (Å²) in [5.41, 5.74) is 0.0124. The van der Waals surface area contributed by atoms with Gasteiger partial charge in [0.25, 0.3) is 0 Å². The van der Waals surface area contributed by atoms with Crippen LogP contribution in [0, 0.1) is 0 Å². The molecule has 0 radical (unpaired) electrons. The number of hydrogen-bond donors (Lipinski definition) is 1. The molecule has 3 heteroatoms. The highest BCUT2D eigenvalue weighted by molar-refractivity contribution is 4.93. The first-order valence-electron chi connectivity index (χ1n) is 5.27. The second-order valence-electron chi connectivity index (χ2n) is 4.92. The van der Waals surface area contributed by atoms with Crippen LogP contribution in [0.2, 0.25) is 0 Å². The van der Waals surface area contributed by atoms with Crippen molar-refractivity contribution in [1.29, 1.82) is 0 Å². The summed E-state index contributed by atoms with van der Waals surface area (Å²) in [6.07, 6.45) is 5.38. The minimum absolute atomic E-state index is 0.0124. The Morgan fingerprint density at radius 1 is 1.31 bits per heavy atom. The lowest BCUT2D eigenvalue weighted by Crippen LogP contribution is -2.65. The second-order valence-corrected chi connectivity index (χ2v) is 4.92. The van der Waals surface area contributed by atoms with Crippen molar-refractivity contribution in [3.8, 4) is 0 Å². The molecule has 13 heavy (non-hydrogen) atoms. The minimum atomic E-state index is 0.0124. The van der Waals surface area contributed by atoms with Crippen LogP contribution in [0.3, 0.4) is 0 Å². The van der Waals surface area contributed by atoms with E-state index in [9.17, 15) is 0 Å². The first-order chi connectivity index (χ1) is 6.11. The van der Waals surface area contributed by atoms with Crippen molar-refractivity contribution >= 4 is 0 Å². The minimum Gasteiger partial charge on any atom is -0.375 e. The molecule has 0 aromatic rings. The van der Waals surface area contributed by atoms with Crippen molar-refractivity contribution in [3.05, 3.63) is 0 Å². The summed E-state index contributed by atoms with van der Waals surface area (Å²) in [6.45, 7) is 5.07. The van der Waals surface area contributed by atoms with Gasteiger partial charge in [-0.15, -0.1) is 0 Å². The van der Waals surface area contributed by atoms with Gasteiger partial charge in [-0.25, -0.2) is 5.01 Å². The molecule has 2 aliphatic rings. The van der Waals surface area contributed by atoms with Crippen LogP contribution in [0.25, 0.3) is 0 Å². The molecule has 0 amide bonds. The van der Waals surface area contributed by atoms with Crippen LogP contribution in [-0.4, -0.2) is 29.3 Å². The van der Waals surface area contributed by atoms with E-state index < -0.39 is 0 Å². The summed E-state index contributed by atoms with van der Waals surface area (Å²) in [5, 5.41) is 2.03. The Morgan fingerprint density at radius 3 is 2.77 bits per heavy atom. The Bertz CT molecular complexity index is 193. The van der Waals surface area contributed by atoms with E-state index in [-0.39, 0.29) is 5.54 Å². The van der Waals surface area contributed by atoms with Crippen molar-refractivity contribution < 1.29 is 4.74 Å². The summed E-state index contributed by atoms with van der Waals surface area (Å²) < 4.78 is 5.85. The van der Waals surface area contributed by atoms with Crippen molar-refractivity contribution in [2.75, 3.05) is 6.61 Å². The Hall–Kier alpha value is -0.120.